The van der Waals surface area contributed by atoms with Gasteiger partial charge in [-0.3, -0.25) is 9.59 Å². The Morgan fingerprint density at radius 1 is 0.933 bits per heavy atom. The molecule has 0 aliphatic carbocycles. The number of amides is 2. The lowest BCUT2D eigenvalue weighted by molar-refractivity contribution is -0.149. The zero-order valence-electron chi connectivity index (χ0n) is 17.3. The van der Waals surface area contributed by atoms with Crippen molar-refractivity contribution < 1.29 is 28.6 Å². The number of anilines is 1. The first-order chi connectivity index (χ1) is 14.5. The van der Waals surface area contributed by atoms with Crippen molar-refractivity contribution in [2.75, 3.05) is 38.7 Å². The number of benzene rings is 2. The molecule has 0 radical (unpaired) electrons. The van der Waals surface area contributed by atoms with Crippen LogP contribution < -0.4 is 14.8 Å². The van der Waals surface area contributed by atoms with Crippen molar-refractivity contribution in [2.24, 2.45) is 0 Å². The summed E-state index contributed by atoms with van der Waals surface area (Å²) in [6.45, 7) is 4.22. The third-order valence-corrected chi connectivity index (χ3v) is 4.22. The second kappa shape index (κ2) is 11.5. The van der Waals surface area contributed by atoms with Crippen LogP contribution in [-0.4, -0.2) is 56.1 Å². The highest BCUT2D eigenvalue weighted by Crippen LogP contribution is 2.17. The Bertz CT molecular complexity index is 862. The molecule has 0 spiro atoms. The summed E-state index contributed by atoms with van der Waals surface area (Å²) in [5.74, 6) is -0.152. The van der Waals surface area contributed by atoms with Crippen LogP contribution in [0.15, 0.2) is 48.5 Å². The van der Waals surface area contributed by atoms with E-state index in [0.717, 1.165) is 0 Å². The number of ether oxygens (including phenoxy) is 3. The molecule has 0 heterocycles. The molecule has 0 bridgehead atoms. The van der Waals surface area contributed by atoms with Gasteiger partial charge in [0, 0.05) is 24.3 Å². The van der Waals surface area contributed by atoms with Gasteiger partial charge in [-0.2, -0.15) is 0 Å². The van der Waals surface area contributed by atoms with E-state index in [1.807, 2.05) is 13.8 Å². The molecule has 30 heavy (non-hydrogen) atoms. The van der Waals surface area contributed by atoms with E-state index in [2.05, 4.69) is 5.32 Å². The number of hydrogen-bond donors (Lipinski definition) is 1. The van der Waals surface area contributed by atoms with Gasteiger partial charge in [-0.1, -0.05) is 6.07 Å². The Morgan fingerprint density at radius 3 is 2.23 bits per heavy atom. The van der Waals surface area contributed by atoms with Crippen molar-refractivity contribution in [3.8, 4) is 11.5 Å². The second-order valence-corrected chi connectivity index (χ2v) is 6.23. The molecule has 160 valence electrons. The molecule has 2 aromatic carbocycles. The predicted octanol–water partition coefficient (Wildman–Crippen LogP) is 2.74. The van der Waals surface area contributed by atoms with Gasteiger partial charge in [0.15, 0.2) is 13.2 Å². The maximum atomic E-state index is 12.4. The fraction of sp³-hybridized carbons (Fsp3) is 0.318. The molecular weight excluding hydrogens is 388 g/mol. The first kappa shape index (κ1) is 22.7. The van der Waals surface area contributed by atoms with Crippen LogP contribution in [0.25, 0.3) is 0 Å². The van der Waals surface area contributed by atoms with Crippen LogP contribution in [0.2, 0.25) is 0 Å². The highest BCUT2D eigenvalue weighted by molar-refractivity contribution is 5.97. The Balaban J connectivity index is 1.80. The molecule has 0 aromatic heterocycles. The quantitative estimate of drug-likeness (QED) is 0.601. The first-order valence-corrected chi connectivity index (χ1v) is 9.58. The van der Waals surface area contributed by atoms with Crippen molar-refractivity contribution in [1.29, 1.82) is 0 Å². The van der Waals surface area contributed by atoms with Gasteiger partial charge in [-0.05, 0) is 56.3 Å². The minimum Gasteiger partial charge on any atom is -0.497 e. The van der Waals surface area contributed by atoms with Crippen molar-refractivity contribution in [3.63, 3.8) is 0 Å². The van der Waals surface area contributed by atoms with Crippen LogP contribution in [0.1, 0.15) is 24.2 Å². The molecule has 2 rings (SSSR count). The molecule has 8 nitrogen and oxygen atoms in total. The Labute approximate surface area is 175 Å². The van der Waals surface area contributed by atoms with E-state index in [-0.39, 0.29) is 12.5 Å². The number of hydrogen-bond acceptors (Lipinski definition) is 6. The summed E-state index contributed by atoms with van der Waals surface area (Å²) in [4.78, 5) is 37.9. The van der Waals surface area contributed by atoms with Crippen LogP contribution >= 0.6 is 0 Å². The number of methoxy groups -OCH3 is 1. The molecule has 2 aromatic rings. The lowest BCUT2D eigenvalue weighted by atomic mass is 10.1. The fourth-order valence-electron chi connectivity index (χ4n) is 2.62. The topological polar surface area (TPSA) is 94.2 Å². The van der Waals surface area contributed by atoms with Crippen LogP contribution in [0, 0.1) is 0 Å². The van der Waals surface area contributed by atoms with E-state index >= 15 is 0 Å². The highest BCUT2D eigenvalue weighted by atomic mass is 16.6. The molecule has 0 atom stereocenters. The standard InChI is InChI=1S/C22H26N2O6/c1-4-24(5-2)22(27)16-7-6-8-17(13-16)23-20(25)14-30-21(26)15-29-19-11-9-18(28-3)10-12-19/h6-13H,4-5,14-15H2,1-3H3,(H,23,25). The van der Waals surface area contributed by atoms with E-state index in [1.54, 1.807) is 60.5 Å². The molecule has 8 heteroatoms. The lowest BCUT2D eigenvalue weighted by Crippen LogP contribution is -2.30. The van der Waals surface area contributed by atoms with E-state index in [9.17, 15) is 14.4 Å². The third kappa shape index (κ3) is 6.80. The first-order valence-electron chi connectivity index (χ1n) is 9.58. The summed E-state index contributed by atoms with van der Waals surface area (Å²) in [7, 11) is 1.55. The summed E-state index contributed by atoms with van der Waals surface area (Å²) >= 11 is 0. The Morgan fingerprint density at radius 2 is 1.60 bits per heavy atom. The van der Waals surface area contributed by atoms with E-state index in [1.165, 1.54) is 0 Å². The highest BCUT2D eigenvalue weighted by Gasteiger charge is 2.14. The number of carbonyl (C=O) groups is 3. The largest absolute Gasteiger partial charge is 0.497 e. The number of esters is 1. The molecular formula is C22H26N2O6. The normalized spacial score (nSPS) is 10.1. The SMILES string of the molecule is CCN(CC)C(=O)c1cccc(NC(=O)COC(=O)COc2ccc(OC)cc2)c1. The number of carbonyl (C=O) groups excluding carboxylic acids is 3. The third-order valence-electron chi connectivity index (χ3n) is 4.22. The minimum atomic E-state index is -0.675. The van der Waals surface area contributed by atoms with Gasteiger partial charge in [-0.25, -0.2) is 4.79 Å². The van der Waals surface area contributed by atoms with E-state index in [0.29, 0.717) is 35.8 Å². The molecule has 2 amide bonds. The van der Waals surface area contributed by atoms with Crippen molar-refractivity contribution in [3.05, 3.63) is 54.1 Å². The summed E-state index contributed by atoms with van der Waals surface area (Å²) in [6.07, 6.45) is 0. The zero-order chi connectivity index (χ0) is 21.9. The smallest absolute Gasteiger partial charge is 0.344 e. The molecule has 0 aliphatic heterocycles. The molecule has 1 N–H and O–H groups in total. The summed E-state index contributed by atoms with van der Waals surface area (Å²) < 4.78 is 15.3. The van der Waals surface area contributed by atoms with Crippen LogP contribution in [0.4, 0.5) is 5.69 Å². The maximum absolute atomic E-state index is 12.4. The van der Waals surface area contributed by atoms with Gasteiger partial charge in [0.2, 0.25) is 0 Å². The van der Waals surface area contributed by atoms with Gasteiger partial charge < -0.3 is 24.4 Å². The average molecular weight is 414 g/mol. The molecule has 0 unspecified atom stereocenters. The number of nitrogens with one attached hydrogen (secondary N) is 1. The number of nitrogens with zero attached hydrogens (tertiary/aromatic N) is 1. The van der Waals surface area contributed by atoms with Gasteiger partial charge >= 0.3 is 5.97 Å². The van der Waals surface area contributed by atoms with Crippen LogP contribution in [-0.2, 0) is 14.3 Å². The summed E-state index contributed by atoms with van der Waals surface area (Å²) in [5, 5.41) is 2.61. The Kier molecular flexibility index (Phi) is 8.68. The molecule has 0 saturated heterocycles. The monoisotopic (exact) mass is 414 g/mol. The van der Waals surface area contributed by atoms with Gasteiger partial charge in [0.25, 0.3) is 11.8 Å². The van der Waals surface area contributed by atoms with Crippen molar-refractivity contribution in [2.45, 2.75) is 13.8 Å². The average Bonchev–Trinajstić information content (AvgIpc) is 2.77. The fourth-order valence-corrected chi connectivity index (χ4v) is 2.62. The Hall–Kier alpha value is -3.55. The van der Waals surface area contributed by atoms with Crippen molar-refractivity contribution in [1.82, 2.24) is 4.90 Å². The second-order valence-electron chi connectivity index (χ2n) is 6.23. The van der Waals surface area contributed by atoms with Crippen LogP contribution in [0.5, 0.6) is 11.5 Å². The number of rotatable bonds is 10. The summed E-state index contributed by atoms with van der Waals surface area (Å²) in [6, 6.07) is 13.3. The lowest BCUT2D eigenvalue weighted by Gasteiger charge is -2.19. The molecule has 0 saturated carbocycles. The maximum Gasteiger partial charge on any atom is 0.344 e. The zero-order valence-corrected chi connectivity index (χ0v) is 17.3. The molecule has 0 fully saturated rings. The van der Waals surface area contributed by atoms with E-state index in [4.69, 9.17) is 14.2 Å². The van der Waals surface area contributed by atoms with Gasteiger partial charge in [0.1, 0.15) is 11.5 Å². The van der Waals surface area contributed by atoms with E-state index < -0.39 is 18.5 Å². The summed E-state index contributed by atoms with van der Waals surface area (Å²) in [5.41, 5.74) is 0.921. The molecule has 0 aliphatic rings. The predicted molar refractivity (Wildman–Crippen MR) is 112 cm³/mol. The minimum absolute atomic E-state index is 0.113. The van der Waals surface area contributed by atoms with Gasteiger partial charge in [0.05, 0.1) is 7.11 Å². The van der Waals surface area contributed by atoms with Crippen molar-refractivity contribution >= 4 is 23.5 Å². The van der Waals surface area contributed by atoms with Gasteiger partial charge in [-0.15, -0.1) is 0 Å². The van der Waals surface area contributed by atoms with Crippen LogP contribution in [0.3, 0.4) is 0 Å².